The van der Waals surface area contributed by atoms with Gasteiger partial charge >= 0.3 is 0 Å². The molecule has 1 aromatic carbocycles. The summed E-state index contributed by atoms with van der Waals surface area (Å²) in [5, 5.41) is 1.29. The summed E-state index contributed by atoms with van der Waals surface area (Å²) in [4.78, 5) is 4.47. The summed E-state index contributed by atoms with van der Waals surface area (Å²) in [5.41, 5.74) is 3.87. The maximum Gasteiger partial charge on any atom is 0.0707 e. The molecule has 1 nitrogen and oxygen atoms in total. The minimum absolute atomic E-state index is 0.551. The Morgan fingerprint density at radius 1 is 0.938 bits per heavy atom. The molecule has 0 aliphatic rings. The van der Waals surface area contributed by atoms with Gasteiger partial charge in [0.1, 0.15) is 0 Å². The fourth-order valence-corrected chi connectivity index (χ4v) is 2.05. The Morgan fingerprint density at radius 3 is 2.31 bits per heavy atom. The topological polar surface area (TPSA) is 12.9 Å². The number of hydrogen-bond donors (Lipinski definition) is 0. The Kier molecular flexibility index (Phi) is 2.95. The van der Waals surface area contributed by atoms with Crippen molar-refractivity contribution in [3.05, 3.63) is 41.6 Å². The van der Waals surface area contributed by atoms with E-state index in [2.05, 4.69) is 56.9 Å². The number of benzene rings is 1. The van der Waals surface area contributed by atoms with E-state index in [1.165, 1.54) is 16.5 Å². The minimum Gasteiger partial charge on any atom is -0.256 e. The van der Waals surface area contributed by atoms with Crippen molar-refractivity contribution >= 4 is 10.9 Å². The van der Waals surface area contributed by atoms with Crippen molar-refractivity contribution < 1.29 is 0 Å². The van der Waals surface area contributed by atoms with Crippen molar-refractivity contribution in [1.29, 1.82) is 0 Å². The van der Waals surface area contributed by atoms with E-state index in [1.807, 2.05) is 6.20 Å². The zero-order valence-electron chi connectivity index (χ0n) is 10.5. The molecule has 1 heteroatoms. The first-order chi connectivity index (χ1) is 7.59. The lowest BCUT2D eigenvalue weighted by Crippen LogP contribution is -1.93. The Morgan fingerprint density at radius 2 is 1.69 bits per heavy atom. The van der Waals surface area contributed by atoms with E-state index in [9.17, 15) is 0 Å². The van der Waals surface area contributed by atoms with E-state index in [0.717, 1.165) is 5.52 Å². The molecule has 1 aromatic heterocycles. The average Bonchev–Trinajstić information content (AvgIpc) is 2.27. The number of rotatable bonds is 2. The van der Waals surface area contributed by atoms with Gasteiger partial charge in [0.2, 0.25) is 0 Å². The number of pyridine rings is 1. The van der Waals surface area contributed by atoms with Gasteiger partial charge < -0.3 is 0 Å². The first-order valence-electron chi connectivity index (χ1n) is 5.98. The lowest BCUT2D eigenvalue weighted by atomic mass is 9.96. The molecule has 16 heavy (non-hydrogen) atoms. The summed E-state index contributed by atoms with van der Waals surface area (Å²) in [6.07, 6.45) is 1.92. The van der Waals surface area contributed by atoms with Crippen molar-refractivity contribution in [2.45, 2.75) is 39.5 Å². The van der Waals surface area contributed by atoms with Gasteiger partial charge in [0.25, 0.3) is 0 Å². The molecule has 0 N–H and O–H groups in total. The highest BCUT2D eigenvalue weighted by Crippen LogP contribution is 2.26. The second kappa shape index (κ2) is 4.25. The van der Waals surface area contributed by atoms with Crippen LogP contribution in [0.25, 0.3) is 10.9 Å². The highest BCUT2D eigenvalue weighted by Gasteiger charge is 2.07. The monoisotopic (exact) mass is 213 g/mol. The van der Waals surface area contributed by atoms with E-state index in [-0.39, 0.29) is 0 Å². The fourth-order valence-electron chi connectivity index (χ4n) is 2.05. The van der Waals surface area contributed by atoms with Crippen molar-refractivity contribution in [1.82, 2.24) is 4.98 Å². The van der Waals surface area contributed by atoms with Gasteiger partial charge in [-0.25, -0.2) is 0 Å². The Bertz CT molecular complexity index is 498. The normalized spacial score (nSPS) is 11.6. The maximum atomic E-state index is 4.47. The van der Waals surface area contributed by atoms with Gasteiger partial charge in [-0.15, -0.1) is 0 Å². The third kappa shape index (κ3) is 1.95. The van der Waals surface area contributed by atoms with Crippen LogP contribution in [0.5, 0.6) is 0 Å². The quantitative estimate of drug-likeness (QED) is 0.716. The summed E-state index contributed by atoms with van der Waals surface area (Å²) in [6.45, 7) is 8.89. The number of nitrogens with zero attached hydrogens (tertiary/aromatic N) is 1. The summed E-state index contributed by atoms with van der Waals surface area (Å²) in [6, 6.07) is 8.78. The third-order valence-corrected chi connectivity index (χ3v) is 3.09. The van der Waals surface area contributed by atoms with Gasteiger partial charge in [-0.1, -0.05) is 39.8 Å². The first-order valence-corrected chi connectivity index (χ1v) is 5.98. The molecule has 0 saturated heterocycles. The fraction of sp³-hybridized carbons (Fsp3) is 0.400. The maximum absolute atomic E-state index is 4.47. The van der Waals surface area contributed by atoms with Crippen molar-refractivity contribution in [3.63, 3.8) is 0 Å². The molecule has 0 amide bonds. The van der Waals surface area contributed by atoms with E-state index < -0.39 is 0 Å². The minimum atomic E-state index is 0.551. The number of hydrogen-bond acceptors (Lipinski definition) is 1. The molecule has 84 valence electrons. The van der Waals surface area contributed by atoms with Crippen LogP contribution >= 0.6 is 0 Å². The van der Waals surface area contributed by atoms with Crippen molar-refractivity contribution in [2.75, 3.05) is 0 Å². The van der Waals surface area contributed by atoms with Crippen LogP contribution in [0, 0.1) is 0 Å². The largest absolute Gasteiger partial charge is 0.256 e. The Balaban J connectivity index is 2.64. The van der Waals surface area contributed by atoms with Gasteiger partial charge in [0.15, 0.2) is 0 Å². The van der Waals surface area contributed by atoms with Crippen LogP contribution in [0.15, 0.2) is 30.5 Å². The Labute approximate surface area is 97.5 Å². The summed E-state index contributed by atoms with van der Waals surface area (Å²) in [5.74, 6) is 1.12. The molecule has 2 rings (SSSR count). The SMILES string of the molecule is CC(C)c1ccc2c(C(C)C)ccnc2c1. The number of fused-ring (bicyclic) bond motifs is 1. The van der Waals surface area contributed by atoms with Crippen molar-refractivity contribution in [3.8, 4) is 0 Å². The molecule has 0 aliphatic heterocycles. The Hall–Kier alpha value is -1.37. The lowest BCUT2D eigenvalue weighted by Gasteiger charge is -2.11. The molecular formula is C15H19N. The van der Waals surface area contributed by atoms with Crippen LogP contribution in [-0.2, 0) is 0 Å². The van der Waals surface area contributed by atoms with Crippen LogP contribution in [0.1, 0.15) is 50.7 Å². The molecule has 0 aliphatic carbocycles. The lowest BCUT2D eigenvalue weighted by molar-refractivity contribution is 0.864. The van der Waals surface area contributed by atoms with Gasteiger partial charge in [-0.05, 0) is 35.1 Å². The molecule has 0 atom stereocenters. The standard InChI is InChI=1S/C15H19N/c1-10(2)12-5-6-14-13(11(3)4)7-8-16-15(14)9-12/h5-11H,1-4H3. The summed E-state index contributed by atoms with van der Waals surface area (Å²) >= 11 is 0. The van der Waals surface area contributed by atoms with Crippen LogP contribution in [0.3, 0.4) is 0 Å². The molecule has 0 spiro atoms. The molecule has 0 saturated carbocycles. The highest BCUT2D eigenvalue weighted by atomic mass is 14.6. The van der Waals surface area contributed by atoms with Gasteiger partial charge in [-0.2, -0.15) is 0 Å². The van der Waals surface area contributed by atoms with Gasteiger partial charge in [-0.3, -0.25) is 4.98 Å². The van der Waals surface area contributed by atoms with Crippen LogP contribution < -0.4 is 0 Å². The predicted octanol–water partition coefficient (Wildman–Crippen LogP) is 4.48. The molecule has 0 unspecified atom stereocenters. The van der Waals surface area contributed by atoms with E-state index in [0.29, 0.717) is 11.8 Å². The van der Waals surface area contributed by atoms with E-state index in [1.54, 1.807) is 0 Å². The first kappa shape index (κ1) is 11.1. The van der Waals surface area contributed by atoms with Gasteiger partial charge in [0.05, 0.1) is 5.52 Å². The van der Waals surface area contributed by atoms with Gasteiger partial charge in [0, 0.05) is 11.6 Å². The highest BCUT2D eigenvalue weighted by molar-refractivity contribution is 5.83. The summed E-state index contributed by atoms with van der Waals surface area (Å²) in [7, 11) is 0. The van der Waals surface area contributed by atoms with Crippen LogP contribution in [0.4, 0.5) is 0 Å². The molecule has 0 radical (unpaired) electrons. The van der Waals surface area contributed by atoms with E-state index >= 15 is 0 Å². The molecule has 2 aromatic rings. The van der Waals surface area contributed by atoms with Crippen molar-refractivity contribution in [2.24, 2.45) is 0 Å². The third-order valence-electron chi connectivity index (χ3n) is 3.09. The average molecular weight is 213 g/mol. The molecule has 1 heterocycles. The zero-order chi connectivity index (χ0) is 11.7. The van der Waals surface area contributed by atoms with Crippen LogP contribution in [0.2, 0.25) is 0 Å². The predicted molar refractivity (Wildman–Crippen MR) is 69.9 cm³/mol. The summed E-state index contributed by atoms with van der Waals surface area (Å²) < 4.78 is 0. The molecule has 0 fully saturated rings. The smallest absolute Gasteiger partial charge is 0.0707 e. The second-order valence-corrected chi connectivity index (χ2v) is 4.99. The van der Waals surface area contributed by atoms with E-state index in [4.69, 9.17) is 0 Å². The van der Waals surface area contributed by atoms with Crippen LogP contribution in [-0.4, -0.2) is 4.98 Å². The molecule has 0 bridgehead atoms. The zero-order valence-corrected chi connectivity index (χ0v) is 10.5. The second-order valence-electron chi connectivity index (χ2n) is 4.99. The number of aromatic nitrogens is 1. The molecular weight excluding hydrogens is 194 g/mol.